The van der Waals surface area contributed by atoms with Gasteiger partial charge in [-0.3, -0.25) is 5.32 Å². The molecule has 1 aliphatic rings. The van der Waals surface area contributed by atoms with Crippen molar-refractivity contribution in [2.45, 2.75) is 32.8 Å². The van der Waals surface area contributed by atoms with Gasteiger partial charge in [0.05, 0.1) is 6.61 Å². The Morgan fingerprint density at radius 1 is 1.38 bits per heavy atom. The Balaban J connectivity index is 1.86. The number of benzene rings is 1. The lowest BCUT2D eigenvalue weighted by atomic mass is 10.1. The third-order valence-corrected chi connectivity index (χ3v) is 3.13. The molecule has 1 fully saturated rings. The maximum atomic E-state index is 11.7. The zero-order chi connectivity index (χ0) is 15.3. The minimum Gasteiger partial charge on any atom is -0.444 e. The van der Waals surface area contributed by atoms with Crippen molar-refractivity contribution in [1.29, 1.82) is 0 Å². The number of anilines is 2. The highest BCUT2D eigenvalue weighted by Gasteiger charge is 2.17. The van der Waals surface area contributed by atoms with E-state index in [0.717, 1.165) is 37.6 Å². The number of hydrogen-bond donors (Lipinski definition) is 2. The monoisotopic (exact) mass is 292 g/mol. The van der Waals surface area contributed by atoms with Crippen molar-refractivity contribution < 1.29 is 14.3 Å². The molecule has 1 heterocycles. The maximum Gasteiger partial charge on any atom is 0.412 e. The van der Waals surface area contributed by atoms with Crippen molar-refractivity contribution in [1.82, 2.24) is 0 Å². The zero-order valence-corrected chi connectivity index (χ0v) is 12.9. The van der Waals surface area contributed by atoms with Crippen LogP contribution < -0.4 is 10.6 Å². The van der Waals surface area contributed by atoms with E-state index in [2.05, 4.69) is 10.6 Å². The SMILES string of the molecule is CC(C)(C)OC(=O)Nc1cccc(NCC2CCOC2)c1. The van der Waals surface area contributed by atoms with Crippen molar-refractivity contribution in [2.75, 3.05) is 30.4 Å². The van der Waals surface area contributed by atoms with Crippen LogP contribution in [0, 0.1) is 5.92 Å². The van der Waals surface area contributed by atoms with E-state index >= 15 is 0 Å². The molecule has 1 amide bonds. The summed E-state index contributed by atoms with van der Waals surface area (Å²) in [4.78, 5) is 11.7. The Morgan fingerprint density at radius 3 is 2.81 bits per heavy atom. The molecular weight excluding hydrogens is 268 g/mol. The van der Waals surface area contributed by atoms with Gasteiger partial charge in [-0.2, -0.15) is 0 Å². The fourth-order valence-electron chi connectivity index (χ4n) is 2.13. The highest BCUT2D eigenvalue weighted by molar-refractivity contribution is 5.85. The molecule has 116 valence electrons. The van der Waals surface area contributed by atoms with Crippen LogP contribution in [0.2, 0.25) is 0 Å². The summed E-state index contributed by atoms with van der Waals surface area (Å²) < 4.78 is 10.6. The molecule has 0 bridgehead atoms. The Morgan fingerprint density at radius 2 is 2.14 bits per heavy atom. The highest BCUT2D eigenvalue weighted by Crippen LogP contribution is 2.18. The molecule has 0 aliphatic carbocycles. The fraction of sp³-hybridized carbons (Fsp3) is 0.562. The van der Waals surface area contributed by atoms with Crippen molar-refractivity contribution >= 4 is 17.5 Å². The second-order valence-electron chi connectivity index (χ2n) is 6.32. The number of amides is 1. The lowest BCUT2D eigenvalue weighted by molar-refractivity contribution is 0.0636. The van der Waals surface area contributed by atoms with Crippen LogP contribution in [0.1, 0.15) is 27.2 Å². The smallest absolute Gasteiger partial charge is 0.412 e. The number of carbonyl (C=O) groups excluding carboxylic acids is 1. The van der Waals surface area contributed by atoms with Crippen LogP contribution in [0.4, 0.5) is 16.2 Å². The van der Waals surface area contributed by atoms with E-state index in [-0.39, 0.29) is 0 Å². The summed E-state index contributed by atoms with van der Waals surface area (Å²) in [5.41, 5.74) is 1.20. The Labute approximate surface area is 126 Å². The molecule has 21 heavy (non-hydrogen) atoms. The van der Waals surface area contributed by atoms with Gasteiger partial charge >= 0.3 is 6.09 Å². The van der Waals surface area contributed by atoms with E-state index in [1.54, 1.807) is 0 Å². The van der Waals surface area contributed by atoms with Gasteiger partial charge in [-0.05, 0) is 45.4 Å². The van der Waals surface area contributed by atoms with Gasteiger partial charge < -0.3 is 14.8 Å². The Hall–Kier alpha value is -1.75. The maximum absolute atomic E-state index is 11.7. The van der Waals surface area contributed by atoms with E-state index in [9.17, 15) is 4.79 Å². The first-order valence-corrected chi connectivity index (χ1v) is 7.34. The van der Waals surface area contributed by atoms with Crippen LogP contribution in [0.25, 0.3) is 0 Å². The number of ether oxygens (including phenoxy) is 2. The van der Waals surface area contributed by atoms with Gasteiger partial charge in [0.25, 0.3) is 0 Å². The number of rotatable bonds is 4. The van der Waals surface area contributed by atoms with Gasteiger partial charge in [0, 0.05) is 30.4 Å². The van der Waals surface area contributed by atoms with Gasteiger partial charge in [0.1, 0.15) is 5.60 Å². The Bertz CT molecular complexity index is 477. The summed E-state index contributed by atoms with van der Waals surface area (Å²) in [5, 5.41) is 6.12. The number of hydrogen-bond acceptors (Lipinski definition) is 4. The molecule has 1 unspecified atom stereocenters. The Kier molecular flexibility index (Phi) is 5.07. The van der Waals surface area contributed by atoms with Crippen molar-refractivity contribution in [3.63, 3.8) is 0 Å². The minimum atomic E-state index is -0.498. The molecule has 1 aromatic rings. The third kappa shape index (κ3) is 5.63. The molecule has 1 aliphatic heterocycles. The van der Waals surface area contributed by atoms with Crippen molar-refractivity contribution in [3.8, 4) is 0 Å². The van der Waals surface area contributed by atoms with Crippen molar-refractivity contribution in [2.24, 2.45) is 5.92 Å². The molecule has 0 saturated carbocycles. The third-order valence-electron chi connectivity index (χ3n) is 3.13. The minimum absolute atomic E-state index is 0.441. The first kappa shape index (κ1) is 15.6. The zero-order valence-electron chi connectivity index (χ0n) is 12.9. The van der Waals surface area contributed by atoms with E-state index in [4.69, 9.17) is 9.47 Å². The molecule has 5 heteroatoms. The average molecular weight is 292 g/mol. The van der Waals surface area contributed by atoms with Crippen LogP contribution in [-0.2, 0) is 9.47 Å². The molecule has 2 rings (SSSR count). The molecule has 2 N–H and O–H groups in total. The van der Waals surface area contributed by atoms with Crippen LogP contribution in [0.15, 0.2) is 24.3 Å². The largest absolute Gasteiger partial charge is 0.444 e. The summed E-state index contributed by atoms with van der Waals surface area (Å²) in [7, 11) is 0. The van der Waals surface area contributed by atoms with E-state index < -0.39 is 11.7 Å². The summed E-state index contributed by atoms with van der Waals surface area (Å²) in [6.07, 6.45) is 0.659. The van der Waals surface area contributed by atoms with Crippen LogP contribution in [0.5, 0.6) is 0 Å². The van der Waals surface area contributed by atoms with Crippen LogP contribution in [-0.4, -0.2) is 31.5 Å². The van der Waals surface area contributed by atoms with Gasteiger partial charge in [0.2, 0.25) is 0 Å². The fourth-order valence-corrected chi connectivity index (χ4v) is 2.13. The predicted molar refractivity (Wildman–Crippen MR) is 83.7 cm³/mol. The van der Waals surface area contributed by atoms with E-state index in [1.807, 2.05) is 45.0 Å². The molecule has 1 saturated heterocycles. The topological polar surface area (TPSA) is 59.6 Å². The number of nitrogens with one attached hydrogen (secondary N) is 2. The predicted octanol–water partition coefficient (Wildman–Crippen LogP) is 3.48. The quantitative estimate of drug-likeness (QED) is 0.892. The second-order valence-corrected chi connectivity index (χ2v) is 6.32. The normalized spacial score (nSPS) is 18.3. The lowest BCUT2D eigenvalue weighted by Crippen LogP contribution is -2.27. The van der Waals surface area contributed by atoms with E-state index in [1.165, 1.54) is 0 Å². The summed E-state index contributed by atoms with van der Waals surface area (Å²) in [6.45, 7) is 8.09. The van der Waals surface area contributed by atoms with E-state index in [0.29, 0.717) is 5.92 Å². The standard InChI is InChI=1S/C16H24N2O3/c1-16(2,3)21-15(19)18-14-6-4-5-13(9-14)17-10-12-7-8-20-11-12/h4-6,9,12,17H,7-8,10-11H2,1-3H3,(H,18,19). The summed E-state index contributed by atoms with van der Waals surface area (Å²) in [5.74, 6) is 0.562. The van der Waals surface area contributed by atoms with Gasteiger partial charge in [-0.25, -0.2) is 4.79 Å². The molecule has 1 aromatic carbocycles. The number of carbonyl (C=O) groups is 1. The molecule has 1 atom stereocenters. The first-order valence-electron chi connectivity index (χ1n) is 7.34. The average Bonchev–Trinajstić information content (AvgIpc) is 2.87. The molecule has 0 radical (unpaired) electrons. The van der Waals surface area contributed by atoms with Crippen LogP contribution in [0.3, 0.4) is 0 Å². The molecule has 5 nitrogen and oxygen atoms in total. The first-order chi connectivity index (χ1) is 9.92. The summed E-state index contributed by atoms with van der Waals surface area (Å²) in [6, 6.07) is 7.63. The van der Waals surface area contributed by atoms with Gasteiger partial charge in [-0.1, -0.05) is 6.07 Å². The second kappa shape index (κ2) is 6.80. The van der Waals surface area contributed by atoms with Gasteiger partial charge in [0.15, 0.2) is 0 Å². The summed E-state index contributed by atoms with van der Waals surface area (Å²) >= 11 is 0. The molecular formula is C16H24N2O3. The molecule has 0 aromatic heterocycles. The highest BCUT2D eigenvalue weighted by atomic mass is 16.6. The van der Waals surface area contributed by atoms with Gasteiger partial charge in [-0.15, -0.1) is 0 Å². The molecule has 0 spiro atoms. The lowest BCUT2D eigenvalue weighted by Gasteiger charge is -2.20. The van der Waals surface area contributed by atoms with Crippen molar-refractivity contribution in [3.05, 3.63) is 24.3 Å². The van der Waals surface area contributed by atoms with Crippen LogP contribution >= 0.6 is 0 Å².